The number of hydrogen-bond acceptors (Lipinski definition) is 6. The Kier molecular flexibility index (Phi) is 3.24. The van der Waals surface area contributed by atoms with E-state index in [2.05, 4.69) is 10.1 Å². The third-order valence-electron chi connectivity index (χ3n) is 1.80. The number of anilines is 1. The van der Waals surface area contributed by atoms with Crippen LogP contribution in [-0.2, 0) is 10.0 Å². The van der Waals surface area contributed by atoms with E-state index in [4.69, 9.17) is 5.73 Å². The summed E-state index contributed by atoms with van der Waals surface area (Å²) in [4.78, 5) is 11.3. The Morgan fingerprint density at radius 1 is 1.47 bits per heavy atom. The van der Waals surface area contributed by atoms with Gasteiger partial charge in [0.1, 0.15) is 10.6 Å². The molecule has 8 nitrogen and oxygen atoms in total. The summed E-state index contributed by atoms with van der Waals surface area (Å²) in [6, 6.07) is 0. The SMILES string of the molecule is Nc1c([N+](=O)[O-])ncc(S(N)(=O)=O)c1C(F)F. The minimum Gasteiger partial charge on any atom is -0.391 e. The fraction of sp³-hybridized carbons (Fsp3) is 0.167. The molecule has 0 atom stereocenters. The van der Waals surface area contributed by atoms with Gasteiger partial charge in [-0.1, -0.05) is 0 Å². The predicted octanol–water partition coefficient (Wildman–Crippen LogP) is 0.157. The van der Waals surface area contributed by atoms with Crippen LogP contribution in [0.4, 0.5) is 20.3 Å². The largest absolute Gasteiger partial charge is 0.391 e. The zero-order valence-corrected chi connectivity index (χ0v) is 8.82. The molecule has 0 aliphatic carbocycles. The molecule has 0 unspecified atom stereocenters. The molecule has 0 bridgehead atoms. The molecule has 0 fully saturated rings. The van der Waals surface area contributed by atoms with Crippen molar-refractivity contribution in [2.45, 2.75) is 11.3 Å². The van der Waals surface area contributed by atoms with Gasteiger partial charge >= 0.3 is 5.82 Å². The van der Waals surface area contributed by atoms with Gasteiger partial charge in [0.25, 0.3) is 6.43 Å². The van der Waals surface area contributed by atoms with E-state index in [-0.39, 0.29) is 0 Å². The Hall–Kier alpha value is -1.88. The first-order valence-electron chi connectivity index (χ1n) is 3.90. The second kappa shape index (κ2) is 4.18. The third kappa shape index (κ3) is 2.45. The molecule has 94 valence electrons. The van der Waals surface area contributed by atoms with Crippen molar-refractivity contribution in [3.05, 3.63) is 21.9 Å². The van der Waals surface area contributed by atoms with Gasteiger partial charge in [0.2, 0.25) is 10.0 Å². The van der Waals surface area contributed by atoms with Crippen molar-refractivity contribution in [1.29, 1.82) is 0 Å². The molecule has 0 spiro atoms. The first-order chi connectivity index (χ1) is 7.66. The van der Waals surface area contributed by atoms with Gasteiger partial charge in [0.15, 0.2) is 6.20 Å². The number of hydrogen-bond donors (Lipinski definition) is 2. The molecular formula is C6H6F2N4O4S. The minimum atomic E-state index is -4.49. The highest BCUT2D eigenvalue weighted by atomic mass is 32.2. The zero-order chi connectivity index (χ0) is 13.4. The average molecular weight is 268 g/mol. The fourth-order valence-corrected chi connectivity index (χ4v) is 1.81. The van der Waals surface area contributed by atoms with Crippen molar-refractivity contribution >= 4 is 21.5 Å². The Balaban J connectivity index is 3.69. The van der Waals surface area contributed by atoms with E-state index < -0.39 is 43.3 Å². The van der Waals surface area contributed by atoms with Crippen LogP contribution in [-0.4, -0.2) is 18.3 Å². The monoisotopic (exact) mass is 268 g/mol. The molecule has 0 saturated carbocycles. The van der Waals surface area contributed by atoms with Gasteiger partial charge in [-0.05, 0) is 9.91 Å². The summed E-state index contributed by atoms with van der Waals surface area (Å²) in [6.07, 6.45) is -2.95. The van der Waals surface area contributed by atoms with Gasteiger partial charge in [0.05, 0.1) is 5.56 Å². The molecule has 0 amide bonds. The lowest BCUT2D eigenvalue weighted by Crippen LogP contribution is -2.17. The van der Waals surface area contributed by atoms with Crippen LogP contribution in [0, 0.1) is 10.1 Å². The molecular weight excluding hydrogens is 262 g/mol. The molecule has 0 aliphatic rings. The summed E-state index contributed by atoms with van der Waals surface area (Å²) in [5.41, 5.74) is 2.85. The van der Waals surface area contributed by atoms with Gasteiger partial charge in [-0.25, -0.2) is 22.3 Å². The molecule has 1 heterocycles. The summed E-state index contributed by atoms with van der Waals surface area (Å²) >= 11 is 0. The smallest absolute Gasteiger partial charge is 0.387 e. The number of nitro groups is 1. The summed E-state index contributed by atoms with van der Waals surface area (Å²) < 4.78 is 47.2. The summed E-state index contributed by atoms with van der Waals surface area (Å²) in [6.45, 7) is 0. The van der Waals surface area contributed by atoms with Crippen LogP contribution in [0.15, 0.2) is 11.1 Å². The first-order valence-corrected chi connectivity index (χ1v) is 5.44. The number of nitrogen functional groups attached to an aromatic ring is 1. The van der Waals surface area contributed by atoms with Crippen LogP contribution in [0.25, 0.3) is 0 Å². The number of primary sulfonamides is 1. The van der Waals surface area contributed by atoms with Crippen molar-refractivity contribution in [3.63, 3.8) is 0 Å². The van der Waals surface area contributed by atoms with E-state index in [0.29, 0.717) is 6.20 Å². The van der Waals surface area contributed by atoms with Crippen LogP contribution in [0.5, 0.6) is 0 Å². The Bertz CT molecular complexity index is 574. The van der Waals surface area contributed by atoms with Crippen molar-refractivity contribution in [1.82, 2.24) is 4.98 Å². The number of pyridine rings is 1. The van der Waals surface area contributed by atoms with Crippen molar-refractivity contribution < 1.29 is 22.1 Å². The Morgan fingerprint density at radius 3 is 2.35 bits per heavy atom. The van der Waals surface area contributed by atoms with E-state index in [0.717, 1.165) is 0 Å². The lowest BCUT2D eigenvalue weighted by atomic mass is 10.2. The predicted molar refractivity (Wildman–Crippen MR) is 51.6 cm³/mol. The van der Waals surface area contributed by atoms with E-state index in [1.807, 2.05) is 0 Å². The molecule has 17 heavy (non-hydrogen) atoms. The molecule has 0 saturated heterocycles. The van der Waals surface area contributed by atoms with E-state index in [9.17, 15) is 27.3 Å². The standard InChI is InChI=1S/C6H6F2N4O4S/c7-5(8)3-2(17(10,15)16)1-11-6(4(3)9)12(13)14/h1,5H,9H2,(H2,10,15,16). The van der Waals surface area contributed by atoms with Gasteiger partial charge in [-0.15, -0.1) is 0 Å². The molecule has 0 aromatic carbocycles. The fourth-order valence-electron chi connectivity index (χ4n) is 1.11. The second-order valence-corrected chi connectivity index (χ2v) is 4.41. The number of alkyl halides is 2. The maximum absolute atomic E-state index is 12.6. The lowest BCUT2D eigenvalue weighted by molar-refractivity contribution is -0.388. The molecule has 11 heteroatoms. The van der Waals surface area contributed by atoms with E-state index in [1.165, 1.54) is 0 Å². The van der Waals surface area contributed by atoms with Crippen molar-refractivity contribution in [2.75, 3.05) is 5.73 Å². The zero-order valence-electron chi connectivity index (χ0n) is 8.00. The summed E-state index contributed by atoms with van der Waals surface area (Å²) in [5.74, 6) is -1.05. The second-order valence-electron chi connectivity index (χ2n) is 2.88. The molecule has 1 aromatic heterocycles. The molecule has 1 aromatic rings. The Morgan fingerprint density at radius 2 is 2.00 bits per heavy atom. The van der Waals surface area contributed by atoms with Gasteiger partial charge < -0.3 is 15.8 Å². The van der Waals surface area contributed by atoms with Gasteiger partial charge in [-0.3, -0.25) is 0 Å². The number of halogens is 2. The minimum absolute atomic E-state index is 0.380. The van der Waals surface area contributed by atoms with Gasteiger partial charge in [0, 0.05) is 0 Å². The van der Waals surface area contributed by atoms with Crippen LogP contribution in [0.3, 0.4) is 0 Å². The van der Waals surface area contributed by atoms with Crippen LogP contribution in [0.2, 0.25) is 0 Å². The maximum atomic E-state index is 12.6. The normalized spacial score (nSPS) is 11.8. The maximum Gasteiger partial charge on any atom is 0.387 e. The third-order valence-corrected chi connectivity index (χ3v) is 2.74. The van der Waals surface area contributed by atoms with Gasteiger partial charge in [-0.2, -0.15) is 0 Å². The lowest BCUT2D eigenvalue weighted by Gasteiger charge is -2.08. The number of sulfonamides is 1. The van der Waals surface area contributed by atoms with E-state index >= 15 is 0 Å². The summed E-state index contributed by atoms with van der Waals surface area (Å²) in [5, 5.41) is 15.1. The topological polar surface area (TPSA) is 142 Å². The first kappa shape index (κ1) is 13.2. The highest BCUT2D eigenvalue weighted by Crippen LogP contribution is 2.34. The quantitative estimate of drug-likeness (QED) is 0.590. The molecule has 4 N–H and O–H groups in total. The van der Waals surface area contributed by atoms with Crippen molar-refractivity contribution in [3.8, 4) is 0 Å². The van der Waals surface area contributed by atoms with Crippen LogP contribution < -0.4 is 10.9 Å². The highest BCUT2D eigenvalue weighted by Gasteiger charge is 2.30. The van der Waals surface area contributed by atoms with Crippen molar-refractivity contribution in [2.24, 2.45) is 5.14 Å². The molecule has 1 rings (SSSR count). The van der Waals surface area contributed by atoms with Crippen LogP contribution in [0.1, 0.15) is 12.0 Å². The highest BCUT2D eigenvalue weighted by molar-refractivity contribution is 7.89. The average Bonchev–Trinajstić information content (AvgIpc) is 2.14. The number of rotatable bonds is 3. The molecule has 0 radical (unpaired) electrons. The number of nitrogens with two attached hydrogens (primary N) is 2. The Labute approximate surface area is 93.4 Å². The van der Waals surface area contributed by atoms with E-state index in [1.54, 1.807) is 0 Å². The molecule has 0 aliphatic heterocycles. The number of nitrogens with zero attached hydrogens (tertiary/aromatic N) is 2. The number of aromatic nitrogens is 1. The van der Waals surface area contributed by atoms with Crippen LogP contribution >= 0.6 is 0 Å². The summed E-state index contributed by atoms with van der Waals surface area (Å²) in [7, 11) is -4.49.